The van der Waals surface area contributed by atoms with Gasteiger partial charge in [-0.05, 0) is 17.2 Å². The molecule has 1 aromatic rings. The van der Waals surface area contributed by atoms with Crippen molar-refractivity contribution in [3.8, 4) is 0 Å². The highest BCUT2D eigenvalue weighted by Crippen LogP contribution is 2.23. The van der Waals surface area contributed by atoms with Crippen LogP contribution in [0.2, 0.25) is 0 Å². The Bertz CT molecular complexity index is 426. The van der Waals surface area contributed by atoms with Crippen molar-refractivity contribution in [2.75, 3.05) is 12.4 Å². The van der Waals surface area contributed by atoms with E-state index in [0.29, 0.717) is 6.42 Å². The molecule has 2 rings (SSSR count). The lowest BCUT2D eigenvalue weighted by Crippen LogP contribution is -2.04. The average Bonchev–Trinajstić information content (AvgIpc) is 2.57. The standard InChI is InChI=1S/C11H11NO3/c1-15-11(14)5-7-2-3-9-8(4-7)6-10(13)12-9/h2-4H,5-6H2,1H3,(H,12,13). The van der Waals surface area contributed by atoms with Gasteiger partial charge in [0.15, 0.2) is 0 Å². The zero-order chi connectivity index (χ0) is 10.8. The van der Waals surface area contributed by atoms with Crippen LogP contribution in [0.25, 0.3) is 0 Å². The van der Waals surface area contributed by atoms with Crippen LogP contribution in [-0.4, -0.2) is 19.0 Å². The summed E-state index contributed by atoms with van der Waals surface area (Å²) in [5.41, 5.74) is 2.66. The van der Waals surface area contributed by atoms with Crippen LogP contribution in [0.5, 0.6) is 0 Å². The number of carbonyl (C=O) groups excluding carboxylic acids is 2. The summed E-state index contributed by atoms with van der Waals surface area (Å²) in [5, 5.41) is 2.74. The maximum Gasteiger partial charge on any atom is 0.309 e. The molecule has 1 amide bonds. The zero-order valence-electron chi connectivity index (χ0n) is 8.37. The van der Waals surface area contributed by atoms with Crippen molar-refractivity contribution in [2.45, 2.75) is 12.8 Å². The average molecular weight is 205 g/mol. The predicted molar refractivity (Wildman–Crippen MR) is 54.5 cm³/mol. The van der Waals surface area contributed by atoms with Crippen LogP contribution in [0.15, 0.2) is 18.2 Å². The summed E-state index contributed by atoms with van der Waals surface area (Å²) in [6, 6.07) is 5.50. The van der Waals surface area contributed by atoms with Gasteiger partial charge >= 0.3 is 5.97 Å². The Balaban J connectivity index is 2.20. The molecule has 0 saturated carbocycles. The number of methoxy groups -OCH3 is 1. The van der Waals surface area contributed by atoms with E-state index in [1.165, 1.54) is 7.11 Å². The largest absolute Gasteiger partial charge is 0.469 e. The number of fused-ring (bicyclic) bond motifs is 1. The maximum absolute atomic E-state index is 11.1. The lowest BCUT2D eigenvalue weighted by molar-refractivity contribution is -0.139. The molecule has 78 valence electrons. The minimum atomic E-state index is -0.271. The second-order valence-electron chi connectivity index (χ2n) is 3.47. The number of hydrogen-bond donors (Lipinski definition) is 1. The van der Waals surface area contributed by atoms with Crippen molar-refractivity contribution in [1.82, 2.24) is 0 Å². The third-order valence-corrected chi connectivity index (χ3v) is 2.37. The number of benzene rings is 1. The molecule has 15 heavy (non-hydrogen) atoms. The van der Waals surface area contributed by atoms with Crippen LogP contribution < -0.4 is 5.32 Å². The Morgan fingerprint density at radius 3 is 3.07 bits per heavy atom. The molecular weight excluding hydrogens is 194 g/mol. The topological polar surface area (TPSA) is 55.4 Å². The first-order valence-electron chi connectivity index (χ1n) is 4.67. The normalized spacial score (nSPS) is 13.3. The van der Waals surface area contributed by atoms with E-state index in [2.05, 4.69) is 10.1 Å². The lowest BCUT2D eigenvalue weighted by Gasteiger charge is -2.02. The van der Waals surface area contributed by atoms with E-state index in [1.54, 1.807) is 0 Å². The highest BCUT2D eigenvalue weighted by atomic mass is 16.5. The van der Waals surface area contributed by atoms with E-state index in [-0.39, 0.29) is 18.3 Å². The van der Waals surface area contributed by atoms with E-state index in [0.717, 1.165) is 16.8 Å². The summed E-state index contributed by atoms with van der Waals surface area (Å²) in [4.78, 5) is 22.1. The quantitative estimate of drug-likeness (QED) is 0.730. The number of esters is 1. The number of nitrogens with one attached hydrogen (secondary N) is 1. The lowest BCUT2D eigenvalue weighted by atomic mass is 10.1. The Morgan fingerprint density at radius 1 is 1.53 bits per heavy atom. The first-order valence-corrected chi connectivity index (χ1v) is 4.67. The Kier molecular flexibility index (Phi) is 2.41. The smallest absolute Gasteiger partial charge is 0.309 e. The fraction of sp³-hybridized carbons (Fsp3) is 0.273. The summed E-state index contributed by atoms with van der Waals surface area (Å²) < 4.78 is 4.57. The number of ether oxygens (including phenoxy) is 1. The minimum Gasteiger partial charge on any atom is -0.469 e. The van der Waals surface area contributed by atoms with Gasteiger partial charge in [-0.15, -0.1) is 0 Å². The molecule has 1 aliphatic rings. The molecule has 0 aliphatic carbocycles. The molecule has 0 aromatic heterocycles. The van der Waals surface area contributed by atoms with Gasteiger partial charge in [0.25, 0.3) is 0 Å². The summed E-state index contributed by atoms with van der Waals surface area (Å²) in [7, 11) is 1.36. The van der Waals surface area contributed by atoms with Crippen molar-refractivity contribution in [3.05, 3.63) is 29.3 Å². The van der Waals surface area contributed by atoms with E-state index in [4.69, 9.17) is 0 Å². The Hall–Kier alpha value is -1.84. The molecular formula is C11H11NO3. The van der Waals surface area contributed by atoms with Crippen molar-refractivity contribution in [3.63, 3.8) is 0 Å². The molecule has 0 saturated heterocycles. The first kappa shape index (κ1) is 9.71. The van der Waals surface area contributed by atoms with Gasteiger partial charge in [0.2, 0.25) is 5.91 Å². The molecule has 4 heteroatoms. The fourth-order valence-electron chi connectivity index (χ4n) is 1.63. The summed E-state index contributed by atoms with van der Waals surface area (Å²) in [6.45, 7) is 0. The molecule has 4 nitrogen and oxygen atoms in total. The number of hydrogen-bond acceptors (Lipinski definition) is 3. The molecule has 0 radical (unpaired) electrons. The van der Waals surface area contributed by atoms with Gasteiger partial charge < -0.3 is 10.1 Å². The van der Waals surface area contributed by atoms with Crippen molar-refractivity contribution < 1.29 is 14.3 Å². The van der Waals surface area contributed by atoms with Crippen LogP contribution in [0.1, 0.15) is 11.1 Å². The molecule has 0 spiro atoms. The Labute approximate surface area is 87.2 Å². The highest BCUT2D eigenvalue weighted by Gasteiger charge is 2.17. The van der Waals surface area contributed by atoms with Crippen molar-refractivity contribution in [2.24, 2.45) is 0 Å². The van der Waals surface area contributed by atoms with Gasteiger partial charge in [-0.3, -0.25) is 9.59 Å². The van der Waals surface area contributed by atoms with E-state index < -0.39 is 0 Å². The van der Waals surface area contributed by atoms with Crippen LogP contribution >= 0.6 is 0 Å². The van der Waals surface area contributed by atoms with Gasteiger partial charge in [0.1, 0.15) is 0 Å². The first-order chi connectivity index (χ1) is 7.19. The Morgan fingerprint density at radius 2 is 2.33 bits per heavy atom. The third-order valence-electron chi connectivity index (χ3n) is 2.37. The summed E-state index contributed by atoms with van der Waals surface area (Å²) in [5.74, 6) is -0.271. The van der Waals surface area contributed by atoms with Gasteiger partial charge in [-0.25, -0.2) is 0 Å². The zero-order valence-corrected chi connectivity index (χ0v) is 8.37. The predicted octanol–water partition coefficient (Wildman–Crippen LogP) is 0.897. The number of carbonyl (C=O) groups is 2. The van der Waals surface area contributed by atoms with Crippen LogP contribution in [0, 0.1) is 0 Å². The van der Waals surface area contributed by atoms with Gasteiger partial charge in [-0.1, -0.05) is 12.1 Å². The van der Waals surface area contributed by atoms with E-state index in [1.807, 2.05) is 18.2 Å². The number of anilines is 1. The molecule has 1 heterocycles. The fourth-order valence-corrected chi connectivity index (χ4v) is 1.63. The van der Waals surface area contributed by atoms with Crippen LogP contribution in [-0.2, 0) is 27.2 Å². The van der Waals surface area contributed by atoms with Gasteiger partial charge in [-0.2, -0.15) is 0 Å². The van der Waals surface area contributed by atoms with E-state index >= 15 is 0 Å². The van der Waals surface area contributed by atoms with Crippen LogP contribution in [0.4, 0.5) is 5.69 Å². The third kappa shape index (κ3) is 1.98. The molecule has 1 N–H and O–H groups in total. The number of rotatable bonds is 2. The second-order valence-corrected chi connectivity index (χ2v) is 3.47. The summed E-state index contributed by atoms with van der Waals surface area (Å²) >= 11 is 0. The molecule has 0 bridgehead atoms. The van der Waals surface area contributed by atoms with Crippen LogP contribution in [0.3, 0.4) is 0 Å². The SMILES string of the molecule is COC(=O)Cc1ccc2c(c1)CC(=O)N2. The molecule has 0 unspecified atom stereocenters. The van der Waals surface area contributed by atoms with Crippen molar-refractivity contribution in [1.29, 1.82) is 0 Å². The maximum atomic E-state index is 11.1. The van der Waals surface area contributed by atoms with Gasteiger partial charge in [0, 0.05) is 5.69 Å². The monoisotopic (exact) mass is 205 g/mol. The molecule has 1 aromatic carbocycles. The second kappa shape index (κ2) is 3.73. The highest BCUT2D eigenvalue weighted by molar-refractivity contribution is 5.99. The van der Waals surface area contributed by atoms with Gasteiger partial charge in [0.05, 0.1) is 20.0 Å². The van der Waals surface area contributed by atoms with Crippen molar-refractivity contribution >= 4 is 17.6 Å². The molecule has 0 atom stereocenters. The minimum absolute atomic E-state index is 0.000202. The summed E-state index contributed by atoms with van der Waals surface area (Å²) in [6.07, 6.45) is 0.641. The molecule has 0 fully saturated rings. The van der Waals surface area contributed by atoms with E-state index in [9.17, 15) is 9.59 Å². The molecule has 1 aliphatic heterocycles. The number of amides is 1.